The highest BCUT2D eigenvalue weighted by Crippen LogP contribution is 2.45. The average molecular weight is 801 g/mol. The summed E-state index contributed by atoms with van der Waals surface area (Å²) < 4.78 is 37.1. The molecule has 12 nitrogen and oxygen atoms in total. The summed E-state index contributed by atoms with van der Waals surface area (Å²) in [6, 6.07) is 12.8. The first-order chi connectivity index (χ1) is 26.7. The van der Waals surface area contributed by atoms with E-state index in [0.717, 1.165) is 30.5 Å². The molecule has 0 saturated heterocycles. The van der Waals surface area contributed by atoms with Crippen molar-refractivity contribution in [1.82, 2.24) is 14.6 Å². The molecular weight excluding hydrogens is 739 g/mol. The molecule has 304 valence electrons. The number of anilines is 1. The van der Waals surface area contributed by atoms with Gasteiger partial charge in [0.05, 0.1) is 29.9 Å². The summed E-state index contributed by atoms with van der Waals surface area (Å²) in [4.78, 5) is 14.6. The second-order valence-electron chi connectivity index (χ2n) is 14.4. The fourth-order valence-electron chi connectivity index (χ4n) is 6.56. The first-order valence-electron chi connectivity index (χ1n) is 20.1. The maximum Gasteiger partial charge on any atom is 0.472 e. The molecule has 0 fully saturated rings. The second kappa shape index (κ2) is 26.0. The van der Waals surface area contributed by atoms with Gasteiger partial charge in [-0.15, -0.1) is 0 Å². The van der Waals surface area contributed by atoms with E-state index in [1.165, 1.54) is 103 Å². The Balaban J connectivity index is 1.42. The van der Waals surface area contributed by atoms with Crippen molar-refractivity contribution in [2.24, 2.45) is 0 Å². The molecule has 14 heteroatoms. The number of halogens is 1. The maximum atomic E-state index is 13.1. The zero-order chi connectivity index (χ0) is 39.8. The Kier molecular flexibility index (Phi) is 21.9. The third kappa shape index (κ3) is 17.3. The van der Waals surface area contributed by atoms with Gasteiger partial charge in [0.25, 0.3) is 0 Å². The van der Waals surface area contributed by atoms with Crippen molar-refractivity contribution in [3.63, 3.8) is 0 Å². The Morgan fingerprint density at radius 1 is 0.927 bits per heavy atom. The van der Waals surface area contributed by atoms with Crippen LogP contribution in [-0.2, 0) is 36.1 Å². The number of nitriles is 2. The van der Waals surface area contributed by atoms with Gasteiger partial charge < -0.3 is 20.1 Å². The van der Waals surface area contributed by atoms with E-state index in [1.54, 1.807) is 28.8 Å². The van der Waals surface area contributed by atoms with Crippen molar-refractivity contribution < 1.29 is 28.0 Å². The fourth-order valence-corrected chi connectivity index (χ4v) is 7.60. The van der Waals surface area contributed by atoms with Crippen molar-refractivity contribution in [2.45, 2.75) is 154 Å². The minimum absolute atomic E-state index is 0.147. The molecule has 0 aliphatic carbocycles. The molecule has 0 aliphatic heterocycles. The fraction of sp³-hybridized carbons (Fsp3) is 0.659. The van der Waals surface area contributed by atoms with Gasteiger partial charge in [-0.05, 0) is 49.1 Å². The second-order valence-corrected chi connectivity index (χ2v) is 16.3. The predicted molar refractivity (Wildman–Crippen MR) is 216 cm³/mol. The zero-order valence-electron chi connectivity index (χ0n) is 32.9. The highest BCUT2D eigenvalue weighted by molar-refractivity contribution is 7.47. The molecule has 1 unspecified atom stereocenters. The molecule has 2 aromatic heterocycles. The number of nitrogens with zero attached hydrogens (tertiary/aromatic N) is 5. The lowest BCUT2D eigenvalue weighted by molar-refractivity contribution is -0.0292. The molecule has 0 spiro atoms. The number of nitrogen functional groups attached to an aromatic ring is 1. The average Bonchev–Trinajstić information content (AvgIpc) is 3.61. The van der Waals surface area contributed by atoms with Gasteiger partial charge in [0.2, 0.25) is 0 Å². The molecule has 3 aromatic rings. The number of rotatable bonds is 31. The van der Waals surface area contributed by atoms with Gasteiger partial charge in [-0.25, -0.2) is 14.1 Å². The van der Waals surface area contributed by atoms with E-state index in [9.17, 15) is 20.0 Å². The number of aromatic nitrogens is 3. The molecule has 0 saturated carbocycles. The van der Waals surface area contributed by atoms with Gasteiger partial charge in [0, 0.05) is 12.8 Å². The van der Waals surface area contributed by atoms with E-state index in [-0.39, 0.29) is 19.6 Å². The minimum Gasteiger partial charge on any atom is -0.382 e. The molecule has 3 atom stereocenters. The maximum absolute atomic E-state index is 13.1. The molecule has 0 amide bonds. The molecule has 3 N–H and O–H groups in total. The van der Waals surface area contributed by atoms with Crippen LogP contribution in [0.4, 0.5) is 5.82 Å². The summed E-state index contributed by atoms with van der Waals surface area (Å²) in [5.74, 6) is 0.328. The van der Waals surface area contributed by atoms with Crippen LogP contribution in [0, 0.1) is 22.7 Å². The quantitative estimate of drug-likeness (QED) is 0.0467. The Bertz CT molecular complexity index is 1680. The SMILES string of the molecule is CCCCCCCCCCCCCCCCCCC[C@H](COP(=O)(O)OC[C@](C#N)(CCc1ccc2c(N)ncnn12)OC)OCc1ccc(C#N)c(Cl)c1. The van der Waals surface area contributed by atoms with Crippen LogP contribution in [0.3, 0.4) is 0 Å². The van der Waals surface area contributed by atoms with E-state index in [2.05, 4.69) is 23.1 Å². The van der Waals surface area contributed by atoms with Crippen molar-refractivity contribution in [2.75, 3.05) is 26.1 Å². The van der Waals surface area contributed by atoms with Crippen LogP contribution < -0.4 is 5.73 Å². The first kappa shape index (κ1) is 46.3. The Hall–Kier alpha value is -3.06. The minimum atomic E-state index is -4.60. The molecule has 3 rings (SSSR count). The number of phosphoric acid groups is 1. The summed E-state index contributed by atoms with van der Waals surface area (Å²) in [5, 5.41) is 23.8. The third-order valence-electron chi connectivity index (χ3n) is 10.1. The van der Waals surface area contributed by atoms with Crippen LogP contribution in [0.2, 0.25) is 5.02 Å². The van der Waals surface area contributed by atoms with Crippen molar-refractivity contribution >= 4 is 30.8 Å². The van der Waals surface area contributed by atoms with Crippen LogP contribution in [0.5, 0.6) is 0 Å². The summed E-state index contributed by atoms with van der Waals surface area (Å²) in [5.41, 5.74) is 6.95. The number of hydrogen-bond acceptors (Lipinski definition) is 10. The van der Waals surface area contributed by atoms with Crippen molar-refractivity contribution in [3.05, 3.63) is 58.5 Å². The number of ether oxygens (including phenoxy) is 2. The lowest BCUT2D eigenvalue weighted by Crippen LogP contribution is -2.36. The molecule has 0 aliphatic rings. The number of phosphoric ester groups is 1. The number of fused-ring (bicyclic) bond motifs is 1. The van der Waals surface area contributed by atoms with E-state index >= 15 is 0 Å². The van der Waals surface area contributed by atoms with Crippen LogP contribution in [0.15, 0.2) is 36.7 Å². The number of aryl methyl sites for hydroxylation is 1. The van der Waals surface area contributed by atoms with Crippen LogP contribution >= 0.6 is 19.4 Å². The van der Waals surface area contributed by atoms with Gasteiger partial charge in [-0.2, -0.15) is 15.6 Å². The smallest absolute Gasteiger partial charge is 0.382 e. The Morgan fingerprint density at radius 3 is 2.11 bits per heavy atom. The van der Waals surface area contributed by atoms with Gasteiger partial charge >= 0.3 is 7.82 Å². The summed E-state index contributed by atoms with van der Waals surface area (Å²) in [6.45, 7) is 1.75. The van der Waals surface area contributed by atoms with E-state index in [4.69, 9.17) is 35.9 Å². The molecule has 2 heterocycles. The van der Waals surface area contributed by atoms with Crippen molar-refractivity contribution in [3.8, 4) is 12.1 Å². The van der Waals surface area contributed by atoms with Crippen LogP contribution in [0.1, 0.15) is 146 Å². The summed E-state index contributed by atoms with van der Waals surface area (Å²) in [7, 11) is -3.25. The molecule has 0 radical (unpaired) electrons. The van der Waals surface area contributed by atoms with Gasteiger partial charge in [-0.3, -0.25) is 9.05 Å². The lowest BCUT2D eigenvalue weighted by atomic mass is 9.99. The van der Waals surface area contributed by atoms with Gasteiger partial charge in [0.15, 0.2) is 11.4 Å². The predicted octanol–water partition coefficient (Wildman–Crippen LogP) is 10.4. The van der Waals surface area contributed by atoms with Gasteiger partial charge in [0.1, 0.15) is 30.6 Å². The Labute approximate surface area is 333 Å². The van der Waals surface area contributed by atoms with E-state index in [1.807, 2.05) is 12.1 Å². The number of methoxy groups -OCH3 is 1. The topological polar surface area (TPSA) is 178 Å². The zero-order valence-corrected chi connectivity index (χ0v) is 34.6. The number of nitrogens with two attached hydrogens (primary N) is 1. The van der Waals surface area contributed by atoms with Crippen LogP contribution in [-0.4, -0.2) is 51.5 Å². The highest BCUT2D eigenvalue weighted by Gasteiger charge is 2.35. The standard InChI is InChI=1S/C41H62ClN6O6P/c1-3-4-5-6-7-8-9-10-11-12-13-14-15-16-17-18-19-20-37(52-29-34-21-22-35(28-43)38(42)27-34)30-53-55(49,50)54-32-41(31-44,51-2)26-25-36-23-24-39-40(45)46-33-47-48(36)39/h21-24,27,33,37H,3-20,25-26,29-30,32H2,1-2H3,(H,49,50)(H2,45,46,47)/t37-,41-/m1/s1. The Morgan fingerprint density at radius 2 is 1.55 bits per heavy atom. The number of hydrogen-bond donors (Lipinski definition) is 2. The number of unbranched alkanes of at least 4 members (excludes halogenated alkanes) is 16. The monoisotopic (exact) mass is 800 g/mol. The summed E-state index contributed by atoms with van der Waals surface area (Å²) in [6.07, 6.45) is 23.6. The number of benzene rings is 1. The third-order valence-corrected chi connectivity index (χ3v) is 11.3. The highest BCUT2D eigenvalue weighted by atomic mass is 35.5. The molecule has 55 heavy (non-hydrogen) atoms. The van der Waals surface area contributed by atoms with Gasteiger partial charge in [-0.1, -0.05) is 134 Å². The molecule has 1 aromatic carbocycles. The molecule has 0 bridgehead atoms. The molecular formula is C41H62ClN6O6P. The lowest BCUT2D eigenvalue weighted by Gasteiger charge is -2.26. The largest absolute Gasteiger partial charge is 0.472 e. The van der Waals surface area contributed by atoms with Crippen molar-refractivity contribution in [1.29, 1.82) is 10.5 Å². The normalized spacial score (nSPS) is 14.3. The first-order valence-corrected chi connectivity index (χ1v) is 22.0. The van der Waals surface area contributed by atoms with Crippen LogP contribution in [0.25, 0.3) is 5.52 Å². The summed E-state index contributed by atoms with van der Waals surface area (Å²) >= 11 is 6.23. The van der Waals surface area contributed by atoms with E-state index in [0.29, 0.717) is 34.8 Å². The van der Waals surface area contributed by atoms with E-state index < -0.39 is 26.1 Å².